The van der Waals surface area contributed by atoms with E-state index in [1.165, 1.54) is 6.20 Å². The summed E-state index contributed by atoms with van der Waals surface area (Å²) in [6, 6.07) is 6.65. The molecule has 0 atom stereocenters. The summed E-state index contributed by atoms with van der Waals surface area (Å²) in [7, 11) is 0. The molecule has 3 rings (SSSR count). The van der Waals surface area contributed by atoms with Crippen molar-refractivity contribution in [1.82, 2.24) is 15.2 Å². The molecule has 6 nitrogen and oxygen atoms in total. The van der Waals surface area contributed by atoms with Gasteiger partial charge in [-0.1, -0.05) is 0 Å². The summed E-state index contributed by atoms with van der Waals surface area (Å²) in [6.45, 7) is 0. The number of aromatic hydroxyl groups is 1. The lowest BCUT2D eigenvalue weighted by Crippen LogP contribution is -1.96. The van der Waals surface area contributed by atoms with Crippen molar-refractivity contribution >= 4 is 16.9 Å². The van der Waals surface area contributed by atoms with Crippen LogP contribution in [0.1, 0.15) is 10.4 Å². The van der Waals surface area contributed by atoms with Crippen LogP contribution in [0.2, 0.25) is 0 Å². The minimum absolute atomic E-state index is 0.103. The lowest BCUT2D eigenvalue weighted by atomic mass is 10.2. The number of aromatic amines is 2. The number of hydrogen-bond acceptors (Lipinski definition) is 3. The maximum atomic E-state index is 11.0. The number of rotatable bonds is 2. The number of carboxylic acid groups (broad SMARTS) is 1. The molecular weight excluding hydrogens is 234 g/mol. The number of aromatic carboxylic acids is 1. The van der Waals surface area contributed by atoms with E-state index in [-0.39, 0.29) is 11.3 Å². The third kappa shape index (κ3) is 1.51. The summed E-state index contributed by atoms with van der Waals surface area (Å²) in [5, 5.41) is 25.6. The van der Waals surface area contributed by atoms with Crippen molar-refractivity contribution in [3.05, 3.63) is 36.0 Å². The van der Waals surface area contributed by atoms with E-state index in [9.17, 15) is 9.90 Å². The molecule has 2 aromatic heterocycles. The molecule has 0 saturated carbocycles. The van der Waals surface area contributed by atoms with E-state index in [0.29, 0.717) is 11.4 Å². The van der Waals surface area contributed by atoms with E-state index < -0.39 is 5.97 Å². The van der Waals surface area contributed by atoms with Crippen LogP contribution in [-0.4, -0.2) is 31.4 Å². The number of carbonyl (C=O) groups is 1. The molecule has 0 bridgehead atoms. The van der Waals surface area contributed by atoms with Crippen LogP contribution < -0.4 is 0 Å². The number of phenolic OH excluding ortho intramolecular Hbond substituents is 1. The molecule has 90 valence electrons. The smallest absolute Gasteiger partial charge is 0.339 e. The average molecular weight is 243 g/mol. The van der Waals surface area contributed by atoms with Crippen molar-refractivity contribution in [3.63, 3.8) is 0 Å². The highest BCUT2D eigenvalue weighted by Gasteiger charge is 2.15. The zero-order valence-electron chi connectivity index (χ0n) is 9.14. The van der Waals surface area contributed by atoms with Gasteiger partial charge in [0.1, 0.15) is 11.3 Å². The second-order valence-corrected chi connectivity index (χ2v) is 3.92. The van der Waals surface area contributed by atoms with E-state index in [2.05, 4.69) is 15.2 Å². The van der Waals surface area contributed by atoms with Crippen LogP contribution in [0.4, 0.5) is 0 Å². The molecule has 6 heteroatoms. The Labute approximate surface area is 101 Å². The van der Waals surface area contributed by atoms with E-state index in [0.717, 1.165) is 10.9 Å². The normalized spacial score (nSPS) is 10.9. The van der Waals surface area contributed by atoms with Crippen LogP contribution in [-0.2, 0) is 0 Å². The number of nitrogens with zero attached hydrogens (tertiary/aromatic N) is 1. The van der Waals surface area contributed by atoms with Crippen molar-refractivity contribution in [2.75, 3.05) is 0 Å². The number of carboxylic acids is 1. The van der Waals surface area contributed by atoms with Crippen LogP contribution in [0, 0.1) is 0 Å². The van der Waals surface area contributed by atoms with Gasteiger partial charge in [0.2, 0.25) is 0 Å². The van der Waals surface area contributed by atoms with Gasteiger partial charge < -0.3 is 15.2 Å². The maximum Gasteiger partial charge on any atom is 0.339 e. The second kappa shape index (κ2) is 3.63. The molecule has 0 aliphatic heterocycles. The molecule has 2 heterocycles. The molecule has 18 heavy (non-hydrogen) atoms. The van der Waals surface area contributed by atoms with E-state index in [4.69, 9.17) is 5.11 Å². The van der Waals surface area contributed by atoms with Gasteiger partial charge in [-0.15, -0.1) is 0 Å². The van der Waals surface area contributed by atoms with Gasteiger partial charge in [0.15, 0.2) is 0 Å². The topological polar surface area (TPSA) is 102 Å². The van der Waals surface area contributed by atoms with Gasteiger partial charge in [-0.05, 0) is 24.3 Å². The standard InChI is InChI=1S/C12H9N3O3/c16-7-1-2-9-6(3-7)4-10(14-9)11-8(12(17)18)5-13-15-11/h1-5,14,16H,(H,13,15)(H,17,18). The Kier molecular flexibility index (Phi) is 2.09. The fourth-order valence-electron chi connectivity index (χ4n) is 1.91. The molecule has 0 fully saturated rings. The molecule has 0 aliphatic rings. The van der Waals surface area contributed by atoms with Gasteiger partial charge in [0.25, 0.3) is 0 Å². The summed E-state index contributed by atoms with van der Waals surface area (Å²) in [4.78, 5) is 14.1. The molecule has 0 amide bonds. The monoisotopic (exact) mass is 243 g/mol. The third-order valence-corrected chi connectivity index (χ3v) is 2.74. The maximum absolute atomic E-state index is 11.0. The van der Waals surface area contributed by atoms with Crippen LogP contribution >= 0.6 is 0 Å². The molecule has 0 unspecified atom stereocenters. The molecule has 4 N–H and O–H groups in total. The van der Waals surface area contributed by atoms with Crippen LogP contribution in [0.25, 0.3) is 22.3 Å². The Hall–Kier alpha value is -2.76. The molecule has 0 radical (unpaired) electrons. The number of fused-ring (bicyclic) bond motifs is 1. The summed E-state index contributed by atoms with van der Waals surface area (Å²) in [5.74, 6) is -0.878. The molecule has 0 spiro atoms. The van der Waals surface area contributed by atoms with E-state index in [1.54, 1.807) is 24.3 Å². The van der Waals surface area contributed by atoms with Gasteiger partial charge in [-0.3, -0.25) is 5.10 Å². The van der Waals surface area contributed by atoms with E-state index in [1.807, 2.05) is 0 Å². The predicted octanol–water partition coefficient (Wildman–Crippen LogP) is 1.96. The van der Waals surface area contributed by atoms with Crippen molar-refractivity contribution in [2.24, 2.45) is 0 Å². The Morgan fingerprint density at radius 2 is 2.11 bits per heavy atom. The zero-order chi connectivity index (χ0) is 12.7. The molecule has 1 aromatic carbocycles. The van der Waals surface area contributed by atoms with Gasteiger partial charge in [-0.25, -0.2) is 4.79 Å². The summed E-state index contributed by atoms with van der Waals surface area (Å²) in [5.41, 5.74) is 1.95. The van der Waals surface area contributed by atoms with Crippen LogP contribution in [0.5, 0.6) is 5.75 Å². The van der Waals surface area contributed by atoms with Crippen molar-refractivity contribution < 1.29 is 15.0 Å². The number of phenols is 1. The first kappa shape index (κ1) is 10.4. The average Bonchev–Trinajstić information content (AvgIpc) is 2.93. The summed E-state index contributed by atoms with van der Waals surface area (Å²) in [6.07, 6.45) is 1.26. The zero-order valence-corrected chi connectivity index (χ0v) is 9.14. The predicted molar refractivity (Wildman–Crippen MR) is 64.5 cm³/mol. The first-order valence-electron chi connectivity index (χ1n) is 5.24. The number of H-pyrrole nitrogens is 2. The van der Waals surface area contributed by atoms with Crippen molar-refractivity contribution in [2.45, 2.75) is 0 Å². The highest BCUT2D eigenvalue weighted by molar-refractivity contribution is 5.96. The summed E-state index contributed by atoms with van der Waals surface area (Å²) < 4.78 is 0. The lowest BCUT2D eigenvalue weighted by molar-refractivity contribution is 0.0698. The number of hydrogen-bond donors (Lipinski definition) is 4. The number of aromatic nitrogens is 3. The number of benzene rings is 1. The van der Waals surface area contributed by atoms with Gasteiger partial charge in [0, 0.05) is 10.9 Å². The molecular formula is C12H9N3O3. The largest absolute Gasteiger partial charge is 0.508 e. The fourth-order valence-corrected chi connectivity index (χ4v) is 1.91. The van der Waals surface area contributed by atoms with Gasteiger partial charge in [-0.2, -0.15) is 5.10 Å². The highest BCUT2D eigenvalue weighted by atomic mass is 16.4. The highest BCUT2D eigenvalue weighted by Crippen LogP contribution is 2.27. The van der Waals surface area contributed by atoms with Crippen LogP contribution in [0.15, 0.2) is 30.5 Å². The number of nitrogens with one attached hydrogen (secondary N) is 2. The Morgan fingerprint density at radius 1 is 1.28 bits per heavy atom. The Balaban J connectivity index is 2.19. The third-order valence-electron chi connectivity index (χ3n) is 2.74. The fraction of sp³-hybridized carbons (Fsp3) is 0. The van der Waals surface area contributed by atoms with Crippen molar-refractivity contribution in [1.29, 1.82) is 0 Å². The Bertz CT molecular complexity index is 742. The first-order chi connectivity index (χ1) is 8.65. The molecule has 3 aromatic rings. The molecule has 0 saturated heterocycles. The Morgan fingerprint density at radius 3 is 2.89 bits per heavy atom. The first-order valence-corrected chi connectivity index (χ1v) is 5.24. The second-order valence-electron chi connectivity index (χ2n) is 3.92. The lowest BCUT2D eigenvalue weighted by Gasteiger charge is -1.94. The SMILES string of the molecule is O=C(O)c1cn[nH]c1-c1cc2cc(O)ccc2[nH]1. The summed E-state index contributed by atoms with van der Waals surface area (Å²) >= 11 is 0. The minimum atomic E-state index is -1.04. The van der Waals surface area contributed by atoms with Crippen LogP contribution in [0.3, 0.4) is 0 Å². The molecule has 0 aliphatic carbocycles. The van der Waals surface area contributed by atoms with E-state index >= 15 is 0 Å². The van der Waals surface area contributed by atoms with Crippen molar-refractivity contribution in [3.8, 4) is 17.1 Å². The minimum Gasteiger partial charge on any atom is -0.508 e. The quantitative estimate of drug-likeness (QED) is 0.552. The van der Waals surface area contributed by atoms with Gasteiger partial charge in [0.05, 0.1) is 17.6 Å². The van der Waals surface area contributed by atoms with Gasteiger partial charge >= 0.3 is 5.97 Å².